The largest absolute Gasteiger partial charge is 0.336 e. The molecule has 2 rings (SSSR count). The van der Waals surface area contributed by atoms with Crippen LogP contribution in [-0.2, 0) is 16.6 Å². The number of hydrogen-bond donors (Lipinski definition) is 2. The van der Waals surface area contributed by atoms with Crippen LogP contribution in [0.1, 0.15) is 5.56 Å². The molecule has 1 aromatic rings. The maximum atomic E-state index is 13.3. The Balaban J connectivity index is 2.13. The zero-order chi connectivity index (χ0) is 17.0. The van der Waals surface area contributed by atoms with Gasteiger partial charge in [0.05, 0.1) is 6.04 Å². The van der Waals surface area contributed by atoms with Gasteiger partial charge in [-0.2, -0.15) is 12.7 Å². The molecule has 23 heavy (non-hydrogen) atoms. The van der Waals surface area contributed by atoms with Crippen molar-refractivity contribution in [2.24, 2.45) is 0 Å². The fourth-order valence-corrected chi connectivity index (χ4v) is 3.06. The summed E-state index contributed by atoms with van der Waals surface area (Å²) in [7, 11) is -0.744. The van der Waals surface area contributed by atoms with E-state index in [1.807, 2.05) is 0 Å². The van der Waals surface area contributed by atoms with Crippen molar-refractivity contribution in [3.63, 3.8) is 0 Å². The fourth-order valence-electron chi connectivity index (χ4n) is 2.39. The second-order valence-corrected chi connectivity index (χ2v) is 7.52. The van der Waals surface area contributed by atoms with Crippen molar-refractivity contribution >= 4 is 16.2 Å². The third kappa shape index (κ3) is 4.63. The van der Waals surface area contributed by atoms with Crippen LogP contribution in [0.3, 0.4) is 0 Å². The Hall–Kier alpha value is -1.71. The van der Waals surface area contributed by atoms with E-state index in [2.05, 4.69) is 10.0 Å². The molecule has 7 nitrogen and oxygen atoms in total. The van der Waals surface area contributed by atoms with Gasteiger partial charge in [0, 0.05) is 33.7 Å². The molecule has 0 radical (unpaired) electrons. The third-order valence-electron chi connectivity index (χ3n) is 3.67. The van der Waals surface area contributed by atoms with E-state index in [0.29, 0.717) is 25.1 Å². The summed E-state index contributed by atoms with van der Waals surface area (Å²) in [5.41, 5.74) is 0.707. The average Bonchev–Trinajstić information content (AvgIpc) is 2.89. The van der Waals surface area contributed by atoms with Crippen LogP contribution < -0.4 is 10.0 Å². The van der Waals surface area contributed by atoms with E-state index < -0.39 is 16.3 Å². The molecule has 1 aliphatic rings. The normalized spacial score (nSPS) is 16.7. The fraction of sp³-hybridized carbons (Fsp3) is 0.500. The molecule has 1 saturated heterocycles. The first-order valence-electron chi connectivity index (χ1n) is 7.25. The number of carbonyl (C=O) groups excluding carboxylic acids is 1. The van der Waals surface area contributed by atoms with Crippen molar-refractivity contribution in [2.75, 3.05) is 33.7 Å². The second-order valence-electron chi connectivity index (χ2n) is 5.55. The Bertz CT molecular complexity index is 666. The Kier molecular flexibility index (Phi) is 5.55. The molecule has 128 valence electrons. The number of carbonyl (C=O) groups is 1. The van der Waals surface area contributed by atoms with Gasteiger partial charge in [-0.25, -0.2) is 13.9 Å². The van der Waals surface area contributed by atoms with Crippen molar-refractivity contribution in [3.8, 4) is 0 Å². The number of rotatable bonds is 7. The molecule has 9 heteroatoms. The monoisotopic (exact) mass is 344 g/mol. The second kappa shape index (κ2) is 7.24. The SMILES string of the molecule is CN(C)S(=O)(=O)NC[C@@H](Cc1cccc(F)c1)N1CCNC1=O. The standard InChI is InChI=1S/C14H21FN4O3S/c1-18(2)23(21,22)17-10-13(19-7-6-16-14(19)20)9-11-4-3-5-12(15)8-11/h3-5,8,13,17H,6-7,9-10H2,1-2H3,(H,16,20)/t13-/m1/s1. The van der Waals surface area contributed by atoms with Crippen LogP contribution in [-0.4, -0.2) is 63.4 Å². The highest BCUT2D eigenvalue weighted by Gasteiger charge is 2.29. The lowest BCUT2D eigenvalue weighted by atomic mass is 10.0. The van der Waals surface area contributed by atoms with Gasteiger partial charge in [-0.3, -0.25) is 0 Å². The summed E-state index contributed by atoms with van der Waals surface area (Å²) in [6, 6.07) is 5.45. The molecule has 1 aliphatic heterocycles. The van der Waals surface area contributed by atoms with Crippen molar-refractivity contribution in [3.05, 3.63) is 35.6 Å². The van der Waals surface area contributed by atoms with Crippen molar-refractivity contribution in [1.82, 2.24) is 19.2 Å². The van der Waals surface area contributed by atoms with Gasteiger partial charge in [0.2, 0.25) is 0 Å². The summed E-state index contributed by atoms with van der Waals surface area (Å²) in [5.74, 6) is -0.360. The molecule has 2 amide bonds. The minimum atomic E-state index is -3.59. The smallest absolute Gasteiger partial charge is 0.317 e. The highest BCUT2D eigenvalue weighted by Crippen LogP contribution is 2.13. The van der Waals surface area contributed by atoms with E-state index in [0.717, 1.165) is 4.31 Å². The number of nitrogens with one attached hydrogen (secondary N) is 2. The van der Waals surface area contributed by atoms with Gasteiger partial charge in [-0.05, 0) is 24.1 Å². The number of halogens is 1. The van der Waals surface area contributed by atoms with Crippen molar-refractivity contribution in [2.45, 2.75) is 12.5 Å². The first kappa shape index (κ1) is 17.6. The number of nitrogens with zero attached hydrogens (tertiary/aromatic N) is 2. The molecule has 0 aliphatic carbocycles. The first-order chi connectivity index (χ1) is 10.8. The summed E-state index contributed by atoms with van der Waals surface area (Å²) in [6.07, 6.45) is 0.362. The lowest BCUT2D eigenvalue weighted by molar-refractivity contribution is 0.197. The van der Waals surface area contributed by atoms with Gasteiger partial charge in [0.25, 0.3) is 10.2 Å². The third-order valence-corrected chi connectivity index (χ3v) is 5.17. The van der Waals surface area contributed by atoms with E-state index in [-0.39, 0.29) is 18.4 Å². The summed E-state index contributed by atoms with van der Waals surface area (Å²) < 4.78 is 40.6. The molecule has 0 aromatic heterocycles. The van der Waals surface area contributed by atoms with E-state index in [9.17, 15) is 17.6 Å². The highest BCUT2D eigenvalue weighted by molar-refractivity contribution is 7.87. The lowest BCUT2D eigenvalue weighted by Crippen LogP contribution is -2.48. The molecule has 1 heterocycles. The van der Waals surface area contributed by atoms with Gasteiger partial charge in [-0.1, -0.05) is 12.1 Å². The molecule has 1 aromatic carbocycles. The van der Waals surface area contributed by atoms with Crippen LogP contribution in [0, 0.1) is 5.82 Å². The van der Waals surface area contributed by atoms with Gasteiger partial charge in [-0.15, -0.1) is 0 Å². The molecule has 0 bridgehead atoms. The minimum absolute atomic E-state index is 0.0600. The Morgan fingerprint density at radius 3 is 2.74 bits per heavy atom. The number of urea groups is 1. The molecule has 0 unspecified atom stereocenters. The Morgan fingerprint density at radius 2 is 2.17 bits per heavy atom. The molecule has 0 saturated carbocycles. The molecule has 1 fully saturated rings. The molecule has 0 spiro atoms. The summed E-state index contributed by atoms with van der Waals surface area (Å²) in [5, 5.41) is 2.69. The summed E-state index contributed by atoms with van der Waals surface area (Å²) in [4.78, 5) is 13.5. The van der Waals surface area contributed by atoms with Gasteiger partial charge in [0.15, 0.2) is 0 Å². The Morgan fingerprint density at radius 1 is 1.43 bits per heavy atom. The summed E-state index contributed by atoms with van der Waals surface area (Å²) in [6.45, 7) is 1.06. The number of amides is 2. The van der Waals surface area contributed by atoms with Gasteiger partial charge < -0.3 is 10.2 Å². The van der Waals surface area contributed by atoms with Gasteiger partial charge >= 0.3 is 6.03 Å². The van der Waals surface area contributed by atoms with Crippen LogP contribution in [0.5, 0.6) is 0 Å². The lowest BCUT2D eigenvalue weighted by Gasteiger charge is -2.27. The van der Waals surface area contributed by atoms with E-state index in [1.54, 1.807) is 17.0 Å². The van der Waals surface area contributed by atoms with Crippen LogP contribution in [0.25, 0.3) is 0 Å². The summed E-state index contributed by atoms with van der Waals surface area (Å²) >= 11 is 0. The van der Waals surface area contributed by atoms with E-state index in [4.69, 9.17) is 0 Å². The Labute approximate surface area is 135 Å². The predicted molar refractivity (Wildman–Crippen MR) is 84.6 cm³/mol. The first-order valence-corrected chi connectivity index (χ1v) is 8.69. The van der Waals surface area contributed by atoms with Crippen LogP contribution >= 0.6 is 0 Å². The van der Waals surface area contributed by atoms with E-state index in [1.165, 1.54) is 26.2 Å². The average molecular weight is 344 g/mol. The highest BCUT2D eigenvalue weighted by atomic mass is 32.2. The molecular weight excluding hydrogens is 323 g/mol. The quantitative estimate of drug-likeness (QED) is 0.739. The minimum Gasteiger partial charge on any atom is -0.336 e. The zero-order valence-electron chi connectivity index (χ0n) is 13.1. The van der Waals surface area contributed by atoms with Crippen molar-refractivity contribution < 1.29 is 17.6 Å². The zero-order valence-corrected chi connectivity index (χ0v) is 13.9. The molecule has 2 N–H and O–H groups in total. The van der Waals surface area contributed by atoms with Gasteiger partial charge in [0.1, 0.15) is 5.82 Å². The van der Waals surface area contributed by atoms with Crippen molar-refractivity contribution in [1.29, 1.82) is 0 Å². The maximum Gasteiger partial charge on any atom is 0.317 e. The maximum absolute atomic E-state index is 13.3. The predicted octanol–water partition coefficient (Wildman–Crippen LogP) is 0.158. The topological polar surface area (TPSA) is 81.8 Å². The number of benzene rings is 1. The van der Waals surface area contributed by atoms with Crippen LogP contribution in [0.15, 0.2) is 24.3 Å². The number of hydrogen-bond acceptors (Lipinski definition) is 3. The van der Waals surface area contributed by atoms with E-state index >= 15 is 0 Å². The molecular formula is C14H21FN4O3S. The van der Waals surface area contributed by atoms with Crippen LogP contribution in [0.2, 0.25) is 0 Å². The van der Waals surface area contributed by atoms with Crippen LogP contribution in [0.4, 0.5) is 9.18 Å². The molecule has 1 atom stereocenters.